The molecule has 1 heterocycles. The lowest BCUT2D eigenvalue weighted by atomic mass is 10.0. The molecule has 0 spiro atoms. The fourth-order valence-electron chi connectivity index (χ4n) is 6.36. The van der Waals surface area contributed by atoms with Gasteiger partial charge in [-0.15, -0.1) is 0 Å². The Morgan fingerprint density at radius 1 is 0.961 bits per heavy atom. The van der Waals surface area contributed by atoms with Crippen molar-refractivity contribution in [1.29, 1.82) is 0 Å². The summed E-state index contributed by atoms with van der Waals surface area (Å²) in [4.78, 5) is 44.2. The first-order chi connectivity index (χ1) is 24.6. The van der Waals surface area contributed by atoms with Crippen LogP contribution in [0.4, 0.5) is 16.2 Å². The third kappa shape index (κ3) is 10.1. The standard InChI is InChI=1S/C41H50N4O6/c1-28-25-45(29(2)27-46)40(48)35-24-33(42-41(49)43-36-19-12-17-32-16-8-9-18-34(32)36)20-21-37(35)51-30(3)13-10-11-22-50-38(28)26-44(4)39(47)23-31-14-6-5-7-15-31/h5-9,12,14-21,24,28-30,38,46H,10-11,13,22-23,25-27H2,1-4H3,(H2,42,43,49)/t28-,29-,30+,38-/m1/s1. The molecule has 5 rings (SSSR count). The molecule has 10 heteroatoms. The van der Waals surface area contributed by atoms with Crippen LogP contribution in [0.15, 0.2) is 91.0 Å². The largest absolute Gasteiger partial charge is 0.490 e. The number of nitrogens with one attached hydrogen (secondary N) is 2. The molecule has 0 saturated carbocycles. The molecule has 0 saturated heterocycles. The minimum absolute atomic E-state index is 0.0162. The normalized spacial score (nSPS) is 19.3. The van der Waals surface area contributed by atoms with E-state index >= 15 is 0 Å². The molecule has 270 valence electrons. The molecular formula is C41H50N4O6. The highest BCUT2D eigenvalue weighted by atomic mass is 16.5. The first kappa shape index (κ1) is 37.3. The highest BCUT2D eigenvalue weighted by Gasteiger charge is 2.31. The molecule has 0 aromatic heterocycles. The second kappa shape index (κ2) is 17.8. The topological polar surface area (TPSA) is 120 Å². The van der Waals surface area contributed by atoms with Gasteiger partial charge in [0, 0.05) is 43.7 Å². The van der Waals surface area contributed by atoms with E-state index in [1.54, 1.807) is 42.0 Å². The van der Waals surface area contributed by atoms with Crippen molar-refractivity contribution < 1.29 is 29.0 Å². The first-order valence-electron chi connectivity index (χ1n) is 17.8. The van der Waals surface area contributed by atoms with E-state index in [-0.39, 0.29) is 55.1 Å². The van der Waals surface area contributed by atoms with Crippen molar-refractivity contribution >= 4 is 40.0 Å². The summed E-state index contributed by atoms with van der Waals surface area (Å²) >= 11 is 0. The Bertz CT molecular complexity index is 1780. The van der Waals surface area contributed by atoms with Crippen LogP contribution >= 0.6 is 0 Å². The number of anilines is 2. The second-order valence-corrected chi connectivity index (χ2v) is 13.6. The van der Waals surface area contributed by atoms with E-state index in [2.05, 4.69) is 10.6 Å². The zero-order valence-electron chi connectivity index (χ0n) is 30.0. The van der Waals surface area contributed by atoms with Crippen LogP contribution in [0.5, 0.6) is 5.75 Å². The minimum Gasteiger partial charge on any atom is -0.490 e. The highest BCUT2D eigenvalue weighted by Crippen LogP contribution is 2.29. The van der Waals surface area contributed by atoms with Crippen LogP contribution in [-0.4, -0.2) is 84.4 Å². The number of carbonyl (C=O) groups excluding carboxylic acids is 3. The Morgan fingerprint density at radius 2 is 1.71 bits per heavy atom. The number of hydrogen-bond acceptors (Lipinski definition) is 6. The van der Waals surface area contributed by atoms with Crippen molar-refractivity contribution in [1.82, 2.24) is 9.80 Å². The summed E-state index contributed by atoms with van der Waals surface area (Å²) in [5.41, 5.74) is 2.31. The number of nitrogens with zero attached hydrogens (tertiary/aromatic N) is 2. The van der Waals surface area contributed by atoms with Gasteiger partial charge in [0.05, 0.1) is 42.5 Å². The van der Waals surface area contributed by atoms with Gasteiger partial charge in [0.15, 0.2) is 0 Å². The molecule has 4 aromatic rings. The van der Waals surface area contributed by atoms with Crippen molar-refractivity contribution in [3.63, 3.8) is 0 Å². The van der Waals surface area contributed by atoms with Crippen molar-refractivity contribution in [2.24, 2.45) is 5.92 Å². The molecule has 4 amide bonds. The third-order valence-electron chi connectivity index (χ3n) is 9.42. The van der Waals surface area contributed by atoms with E-state index in [4.69, 9.17) is 9.47 Å². The fraction of sp³-hybridized carbons (Fsp3) is 0.390. The molecular weight excluding hydrogens is 644 g/mol. The van der Waals surface area contributed by atoms with Crippen LogP contribution in [0.25, 0.3) is 10.8 Å². The molecule has 0 unspecified atom stereocenters. The zero-order chi connectivity index (χ0) is 36.3. The van der Waals surface area contributed by atoms with Gasteiger partial charge in [-0.25, -0.2) is 4.79 Å². The molecule has 3 N–H and O–H groups in total. The maximum absolute atomic E-state index is 14.5. The quantitative estimate of drug-likeness (QED) is 0.183. The number of benzene rings is 4. The van der Waals surface area contributed by atoms with Gasteiger partial charge in [-0.05, 0) is 68.3 Å². The van der Waals surface area contributed by atoms with Gasteiger partial charge in [0.1, 0.15) is 5.75 Å². The van der Waals surface area contributed by atoms with E-state index < -0.39 is 12.1 Å². The zero-order valence-corrected chi connectivity index (χ0v) is 30.0. The lowest BCUT2D eigenvalue weighted by Crippen LogP contribution is -2.48. The number of amides is 4. The maximum atomic E-state index is 14.5. The lowest BCUT2D eigenvalue weighted by molar-refractivity contribution is -0.131. The van der Waals surface area contributed by atoms with E-state index in [1.165, 1.54) is 0 Å². The summed E-state index contributed by atoms with van der Waals surface area (Å²) in [6.45, 7) is 6.65. The number of carbonyl (C=O) groups is 3. The predicted octanol–water partition coefficient (Wildman–Crippen LogP) is 6.98. The Labute approximate surface area is 300 Å². The number of hydrogen-bond donors (Lipinski definition) is 3. The van der Waals surface area contributed by atoms with Gasteiger partial charge in [-0.2, -0.15) is 0 Å². The number of aliphatic hydroxyl groups is 1. The monoisotopic (exact) mass is 694 g/mol. The number of likely N-dealkylation sites (N-methyl/N-ethyl adjacent to an activating group) is 1. The van der Waals surface area contributed by atoms with Gasteiger partial charge >= 0.3 is 6.03 Å². The molecule has 0 radical (unpaired) electrons. The summed E-state index contributed by atoms with van der Waals surface area (Å²) in [7, 11) is 1.78. The summed E-state index contributed by atoms with van der Waals surface area (Å²) in [6.07, 6.45) is 2.17. The number of aliphatic hydroxyl groups excluding tert-OH is 1. The molecule has 51 heavy (non-hydrogen) atoms. The molecule has 4 atom stereocenters. The second-order valence-electron chi connectivity index (χ2n) is 13.6. The van der Waals surface area contributed by atoms with E-state index in [9.17, 15) is 19.5 Å². The summed E-state index contributed by atoms with van der Waals surface area (Å²) in [5.74, 6) is -0.133. The van der Waals surface area contributed by atoms with Crippen LogP contribution in [0, 0.1) is 5.92 Å². The average Bonchev–Trinajstić information content (AvgIpc) is 3.13. The van der Waals surface area contributed by atoms with Gasteiger partial charge < -0.3 is 35.0 Å². The molecule has 1 aliphatic heterocycles. The summed E-state index contributed by atoms with van der Waals surface area (Å²) in [5, 5.41) is 18.0. The Kier molecular flexibility index (Phi) is 13.0. The Balaban J connectivity index is 1.38. The number of rotatable bonds is 8. The predicted molar refractivity (Wildman–Crippen MR) is 201 cm³/mol. The van der Waals surface area contributed by atoms with Gasteiger partial charge in [0.25, 0.3) is 5.91 Å². The first-order valence-corrected chi connectivity index (χ1v) is 17.8. The molecule has 0 bridgehead atoms. The summed E-state index contributed by atoms with van der Waals surface area (Å²) in [6, 6.07) is 27.2. The third-order valence-corrected chi connectivity index (χ3v) is 9.42. The summed E-state index contributed by atoms with van der Waals surface area (Å²) < 4.78 is 12.7. The van der Waals surface area contributed by atoms with Gasteiger partial charge in [0.2, 0.25) is 5.91 Å². The smallest absolute Gasteiger partial charge is 0.323 e. The van der Waals surface area contributed by atoms with Crippen LogP contribution in [-0.2, 0) is 16.0 Å². The molecule has 10 nitrogen and oxygen atoms in total. The number of urea groups is 1. The SMILES string of the molecule is C[C@@H]1CN([C@H](C)CO)C(=O)c2cc(NC(=O)Nc3cccc4ccccc34)ccc2O[C@@H](C)CCCCO[C@@H]1CN(C)C(=O)Cc1ccccc1. The molecule has 0 aliphatic carbocycles. The van der Waals surface area contributed by atoms with Crippen molar-refractivity contribution in [2.75, 3.05) is 44.0 Å². The van der Waals surface area contributed by atoms with Crippen molar-refractivity contribution in [3.05, 3.63) is 102 Å². The number of fused-ring (bicyclic) bond motifs is 2. The maximum Gasteiger partial charge on any atom is 0.323 e. The molecule has 1 aliphatic rings. The lowest BCUT2D eigenvalue weighted by Gasteiger charge is -2.36. The molecule has 4 aromatic carbocycles. The highest BCUT2D eigenvalue weighted by molar-refractivity contribution is 6.07. The van der Waals surface area contributed by atoms with Crippen molar-refractivity contribution in [3.8, 4) is 5.75 Å². The van der Waals surface area contributed by atoms with Crippen LogP contribution in [0.1, 0.15) is 56.0 Å². The van der Waals surface area contributed by atoms with Crippen LogP contribution < -0.4 is 15.4 Å². The van der Waals surface area contributed by atoms with E-state index in [0.717, 1.165) is 35.6 Å². The van der Waals surface area contributed by atoms with Crippen LogP contribution in [0.3, 0.4) is 0 Å². The number of ether oxygens (including phenoxy) is 2. The van der Waals surface area contributed by atoms with Gasteiger partial charge in [-0.3, -0.25) is 9.59 Å². The van der Waals surface area contributed by atoms with Gasteiger partial charge in [-0.1, -0.05) is 73.7 Å². The van der Waals surface area contributed by atoms with E-state index in [1.807, 2.05) is 86.6 Å². The minimum atomic E-state index is -0.525. The van der Waals surface area contributed by atoms with Crippen LogP contribution in [0.2, 0.25) is 0 Å². The van der Waals surface area contributed by atoms with Crippen molar-refractivity contribution in [2.45, 2.75) is 64.7 Å². The Hall–Kier alpha value is -4.93. The van der Waals surface area contributed by atoms with E-state index in [0.29, 0.717) is 30.3 Å². The average molecular weight is 695 g/mol. The Morgan fingerprint density at radius 3 is 2.49 bits per heavy atom. The fourth-order valence-corrected chi connectivity index (χ4v) is 6.36. The molecule has 0 fully saturated rings.